The number of hydrogen-bond acceptors (Lipinski definition) is 2. The van der Waals surface area contributed by atoms with E-state index in [0.717, 1.165) is 17.7 Å². The van der Waals surface area contributed by atoms with E-state index in [1.165, 1.54) is 0 Å². The number of hydrogen-bond donors (Lipinski definition) is 0. The van der Waals surface area contributed by atoms with Crippen LogP contribution in [-0.2, 0) is 0 Å². The molecule has 0 aliphatic heterocycles. The molecule has 2 nitrogen and oxygen atoms in total. The second-order valence-corrected chi connectivity index (χ2v) is 4.57. The third-order valence-electron chi connectivity index (χ3n) is 2.88. The summed E-state index contributed by atoms with van der Waals surface area (Å²) in [6, 6.07) is 15.0. The largest absolute Gasteiger partial charge is 0.494 e. The first-order valence-electron chi connectivity index (χ1n) is 6.55. The summed E-state index contributed by atoms with van der Waals surface area (Å²) in [5.74, 6) is 0.779. The average Bonchev–Trinajstić information content (AvgIpc) is 2.45. The van der Waals surface area contributed by atoms with E-state index in [1.54, 1.807) is 6.07 Å². The summed E-state index contributed by atoms with van der Waals surface area (Å²) in [4.78, 5) is 12.3. The minimum Gasteiger partial charge on any atom is -0.494 e. The molecule has 0 aliphatic carbocycles. The molecule has 0 amide bonds. The summed E-state index contributed by atoms with van der Waals surface area (Å²) in [7, 11) is 0. The molecular weight excluding hydrogens is 236 g/mol. The first-order chi connectivity index (χ1) is 9.20. The van der Waals surface area contributed by atoms with Crippen molar-refractivity contribution < 1.29 is 9.53 Å². The Labute approximate surface area is 114 Å². The maximum atomic E-state index is 12.3. The highest BCUT2D eigenvalue weighted by atomic mass is 16.5. The van der Waals surface area contributed by atoms with E-state index < -0.39 is 0 Å². The topological polar surface area (TPSA) is 26.3 Å². The van der Waals surface area contributed by atoms with Crippen molar-refractivity contribution in [1.82, 2.24) is 0 Å². The lowest BCUT2D eigenvalue weighted by atomic mass is 10.0. The minimum absolute atomic E-state index is 0.0296. The fraction of sp³-hybridized carbons (Fsp3) is 0.235. The molecule has 2 aromatic rings. The Hall–Kier alpha value is -2.09. The molecular formula is C17H18O2. The number of rotatable bonds is 5. The Morgan fingerprint density at radius 3 is 2.47 bits per heavy atom. The number of ether oxygens (including phenoxy) is 1. The number of benzene rings is 2. The second-order valence-electron chi connectivity index (χ2n) is 4.57. The van der Waals surface area contributed by atoms with Gasteiger partial charge in [-0.15, -0.1) is 0 Å². The fourth-order valence-corrected chi connectivity index (χ4v) is 1.82. The lowest BCUT2D eigenvalue weighted by Crippen LogP contribution is -2.02. The van der Waals surface area contributed by atoms with E-state index >= 15 is 0 Å². The maximum absolute atomic E-state index is 12.3. The van der Waals surface area contributed by atoms with Crippen LogP contribution in [0.3, 0.4) is 0 Å². The van der Waals surface area contributed by atoms with Gasteiger partial charge in [0.15, 0.2) is 5.78 Å². The summed E-state index contributed by atoms with van der Waals surface area (Å²) in [5, 5.41) is 0. The van der Waals surface area contributed by atoms with Gasteiger partial charge in [0.05, 0.1) is 6.61 Å². The van der Waals surface area contributed by atoms with Crippen molar-refractivity contribution >= 4 is 5.78 Å². The molecule has 0 bridgehead atoms. The number of carbonyl (C=O) groups is 1. The van der Waals surface area contributed by atoms with Gasteiger partial charge in [0.1, 0.15) is 5.75 Å². The number of ketones is 1. The van der Waals surface area contributed by atoms with Crippen LogP contribution in [0.15, 0.2) is 48.5 Å². The smallest absolute Gasteiger partial charge is 0.193 e. The van der Waals surface area contributed by atoms with Gasteiger partial charge < -0.3 is 4.74 Å². The highest BCUT2D eigenvalue weighted by Gasteiger charge is 2.09. The molecule has 0 aromatic heterocycles. The monoisotopic (exact) mass is 254 g/mol. The Bertz CT molecular complexity index is 556. The molecule has 2 heteroatoms. The normalized spacial score (nSPS) is 10.2. The minimum atomic E-state index is 0.0296. The lowest BCUT2D eigenvalue weighted by molar-refractivity contribution is 0.103. The summed E-state index contributed by atoms with van der Waals surface area (Å²) in [6.07, 6.45) is 0.955. The number of aryl methyl sites for hydroxylation is 1. The van der Waals surface area contributed by atoms with E-state index in [0.29, 0.717) is 17.7 Å². The van der Waals surface area contributed by atoms with Gasteiger partial charge in [0.25, 0.3) is 0 Å². The van der Waals surface area contributed by atoms with E-state index in [2.05, 4.69) is 6.92 Å². The molecule has 0 saturated carbocycles. The Kier molecular flexibility index (Phi) is 4.35. The van der Waals surface area contributed by atoms with E-state index in [9.17, 15) is 4.79 Å². The summed E-state index contributed by atoms with van der Waals surface area (Å²) in [5.41, 5.74) is 2.52. The average molecular weight is 254 g/mol. The molecule has 0 unspecified atom stereocenters. The molecule has 0 N–H and O–H groups in total. The quantitative estimate of drug-likeness (QED) is 0.753. The number of carbonyl (C=O) groups excluding carboxylic acids is 1. The molecule has 2 aromatic carbocycles. The summed E-state index contributed by atoms with van der Waals surface area (Å²) in [6.45, 7) is 4.73. The fourth-order valence-electron chi connectivity index (χ4n) is 1.82. The zero-order chi connectivity index (χ0) is 13.7. The maximum Gasteiger partial charge on any atom is 0.193 e. The van der Waals surface area contributed by atoms with Crippen LogP contribution in [0.4, 0.5) is 0 Å². The van der Waals surface area contributed by atoms with Crippen molar-refractivity contribution in [2.45, 2.75) is 20.3 Å². The van der Waals surface area contributed by atoms with Crippen molar-refractivity contribution in [1.29, 1.82) is 0 Å². The second kappa shape index (κ2) is 6.19. The van der Waals surface area contributed by atoms with Crippen molar-refractivity contribution in [3.63, 3.8) is 0 Å². The molecule has 0 aliphatic rings. The Balaban J connectivity index is 2.21. The van der Waals surface area contributed by atoms with Gasteiger partial charge in [-0.2, -0.15) is 0 Å². The van der Waals surface area contributed by atoms with Crippen LogP contribution in [0.5, 0.6) is 5.75 Å². The van der Waals surface area contributed by atoms with Crippen LogP contribution in [0, 0.1) is 6.92 Å². The van der Waals surface area contributed by atoms with Gasteiger partial charge in [-0.1, -0.05) is 48.9 Å². The zero-order valence-electron chi connectivity index (χ0n) is 11.3. The van der Waals surface area contributed by atoms with Crippen LogP contribution in [-0.4, -0.2) is 12.4 Å². The van der Waals surface area contributed by atoms with Crippen molar-refractivity contribution in [2.24, 2.45) is 0 Å². The first kappa shape index (κ1) is 13.3. The first-order valence-corrected chi connectivity index (χ1v) is 6.55. The Morgan fingerprint density at radius 1 is 1.05 bits per heavy atom. The zero-order valence-corrected chi connectivity index (χ0v) is 11.3. The van der Waals surface area contributed by atoms with Crippen LogP contribution >= 0.6 is 0 Å². The van der Waals surface area contributed by atoms with Gasteiger partial charge in [-0.05, 0) is 25.5 Å². The molecule has 0 spiro atoms. The van der Waals surface area contributed by atoms with E-state index in [4.69, 9.17) is 4.74 Å². The molecule has 2 rings (SSSR count). The van der Waals surface area contributed by atoms with Gasteiger partial charge in [0.2, 0.25) is 0 Å². The molecule has 0 fully saturated rings. The predicted molar refractivity (Wildman–Crippen MR) is 76.8 cm³/mol. The molecule has 0 atom stereocenters. The Morgan fingerprint density at radius 2 is 1.79 bits per heavy atom. The highest BCUT2D eigenvalue weighted by Crippen LogP contribution is 2.17. The lowest BCUT2D eigenvalue weighted by Gasteiger charge is -2.06. The molecule has 0 radical (unpaired) electrons. The van der Waals surface area contributed by atoms with E-state index in [1.807, 2.05) is 49.4 Å². The summed E-state index contributed by atoms with van der Waals surface area (Å²) < 4.78 is 5.55. The third kappa shape index (κ3) is 3.44. The summed E-state index contributed by atoms with van der Waals surface area (Å²) >= 11 is 0. The van der Waals surface area contributed by atoms with E-state index in [-0.39, 0.29) is 5.78 Å². The standard InChI is InChI=1S/C17H18O2/c1-3-11-19-16-6-4-5-15(12-16)17(18)14-9-7-13(2)8-10-14/h4-10,12H,3,11H2,1-2H3. The predicted octanol–water partition coefficient (Wildman–Crippen LogP) is 4.01. The van der Waals surface area contributed by atoms with Crippen molar-refractivity contribution in [3.05, 3.63) is 65.2 Å². The van der Waals surface area contributed by atoms with Crippen LogP contribution in [0.2, 0.25) is 0 Å². The van der Waals surface area contributed by atoms with Gasteiger partial charge in [-0.25, -0.2) is 0 Å². The van der Waals surface area contributed by atoms with Crippen LogP contribution in [0.1, 0.15) is 34.8 Å². The van der Waals surface area contributed by atoms with Gasteiger partial charge >= 0.3 is 0 Å². The molecule has 0 saturated heterocycles. The molecule has 0 heterocycles. The van der Waals surface area contributed by atoms with Gasteiger partial charge in [0, 0.05) is 11.1 Å². The molecule has 98 valence electrons. The van der Waals surface area contributed by atoms with Gasteiger partial charge in [-0.3, -0.25) is 4.79 Å². The van der Waals surface area contributed by atoms with Crippen molar-refractivity contribution in [2.75, 3.05) is 6.61 Å². The van der Waals surface area contributed by atoms with Crippen LogP contribution in [0.25, 0.3) is 0 Å². The molecule has 19 heavy (non-hydrogen) atoms. The highest BCUT2D eigenvalue weighted by molar-refractivity contribution is 6.09. The van der Waals surface area contributed by atoms with Crippen molar-refractivity contribution in [3.8, 4) is 5.75 Å². The SMILES string of the molecule is CCCOc1cccc(C(=O)c2ccc(C)cc2)c1. The van der Waals surface area contributed by atoms with Crippen LogP contribution < -0.4 is 4.74 Å². The third-order valence-corrected chi connectivity index (χ3v) is 2.88.